The van der Waals surface area contributed by atoms with E-state index >= 15 is 0 Å². The number of amides is 1. The molecule has 0 spiro atoms. The van der Waals surface area contributed by atoms with Crippen molar-refractivity contribution in [1.29, 1.82) is 0 Å². The zero-order chi connectivity index (χ0) is 27.8. The van der Waals surface area contributed by atoms with Crippen molar-refractivity contribution < 1.29 is 59.8 Å². The molecule has 37 heavy (non-hydrogen) atoms. The molecule has 0 aromatic heterocycles. The normalized spacial score (nSPS) is 36.8. The van der Waals surface area contributed by atoms with Crippen molar-refractivity contribution in [1.82, 2.24) is 5.43 Å². The molecule has 18 atom stereocenters. The first-order valence-corrected chi connectivity index (χ1v) is 14.3. The first-order chi connectivity index (χ1) is 17.6. The van der Waals surface area contributed by atoms with Gasteiger partial charge in [0.2, 0.25) is 6.29 Å². The van der Waals surface area contributed by atoms with Crippen LogP contribution in [0, 0.1) is 0 Å². The molecule has 2 saturated heterocycles. The number of hydrogen-bond donors (Lipinski definition) is 1. The summed E-state index contributed by atoms with van der Waals surface area (Å²) in [5, 5.41) is 0. The fraction of sp³-hybridized carbons (Fsp3) is 0.933. The number of likely N-dealkylation sites (N-methyl/N-ethyl adjacent to an activating group) is 1. The quantitative estimate of drug-likeness (QED) is 0.168. The van der Waals surface area contributed by atoms with Gasteiger partial charge in [-0.1, -0.05) is 0 Å². The van der Waals surface area contributed by atoms with Crippen LogP contribution in [-0.2, 0) is 50.4 Å². The van der Waals surface area contributed by atoms with Crippen molar-refractivity contribution in [2.45, 2.75) is 61.4 Å². The minimum Gasteiger partial charge on any atom is -0.413 e. The van der Waals surface area contributed by atoms with E-state index in [9.17, 15) is 4.79 Å². The van der Waals surface area contributed by atoms with E-state index in [0.717, 1.165) is 0 Å². The van der Waals surface area contributed by atoms with Crippen LogP contribution in [0.3, 0.4) is 0 Å². The molecule has 0 aromatic rings. The Morgan fingerprint density at radius 1 is 0.676 bits per heavy atom. The number of rotatable bonds is 13. The minimum atomic E-state index is -1.14. The van der Waals surface area contributed by atoms with Gasteiger partial charge in [0.05, 0.1) is 20.7 Å². The highest BCUT2D eigenvalue weighted by atomic mass is 31.0. The lowest BCUT2D eigenvalue weighted by Gasteiger charge is -2.45. The molecule has 14 nitrogen and oxygen atoms in total. The Bertz CT molecular complexity index is 708. The van der Waals surface area contributed by atoms with E-state index in [4.69, 9.17) is 50.4 Å². The standard InChI is InChI=1S/C15H36N2O12P8/c1-17(2,3-5-7(23-31)9(25-33)12(28-36)14(20-5)29-37)16-15(18)22-13-11(27-35)10(26-34)8(24-32)6(21-13)4-19-30/h5-14H,3-4,30-37H2,1-2H3/p+1. The van der Waals surface area contributed by atoms with Gasteiger partial charge in [-0.25, -0.2) is 9.39 Å². The zero-order valence-electron chi connectivity index (χ0n) is 20.2. The number of hydrogen-bond acceptors (Lipinski definition) is 12. The van der Waals surface area contributed by atoms with Gasteiger partial charge in [-0.15, -0.1) is 0 Å². The van der Waals surface area contributed by atoms with Gasteiger partial charge < -0.3 is 50.4 Å². The van der Waals surface area contributed by atoms with Gasteiger partial charge in [-0.05, 0) is 0 Å². The molecule has 0 saturated carbocycles. The number of quaternary nitrogens is 1. The number of nitrogens with zero attached hydrogens (tertiary/aromatic N) is 1. The molecule has 2 aliphatic heterocycles. The second-order valence-corrected chi connectivity index (χ2v) is 10.8. The Morgan fingerprint density at radius 2 is 1.14 bits per heavy atom. The van der Waals surface area contributed by atoms with Crippen molar-refractivity contribution in [3.05, 3.63) is 0 Å². The maximum atomic E-state index is 13.0. The molecule has 2 aliphatic rings. The number of nitrogens with one attached hydrogen (secondary N) is 1. The van der Waals surface area contributed by atoms with Crippen molar-refractivity contribution >= 4 is 81.8 Å². The largest absolute Gasteiger partial charge is 0.454 e. The summed E-state index contributed by atoms with van der Waals surface area (Å²) in [7, 11) is 20.8. The summed E-state index contributed by atoms with van der Waals surface area (Å²) >= 11 is 0. The molecule has 2 fully saturated rings. The van der Waals surface area contributed by atoms with Crippen LogP contribution in [0.4, 0.5) is 4.79 Å². The molecule has 218 valence electrons. The Kier molecular flexibility index (Phi) is 16.7. The number of carbonyl (C=O) groups excluding carboxylic acids is 1. The second kappa shape index (κ2) is 17.4. The van der Waals surface area contributed by atoms with Crippen LogP contribution in [0.1, 0.15) is 0 Å². The second-order valence-electron chi connectivity index (χ2n) is 8.54. The Morgan fingerprint density at radius 3 is 1.59 bits per heavy atom. The van der Waals surface area contributed by atoms with Crippen LogP contribution in [0.5, 0.6) is 0 Å². The molecule has 0 bridgehead atoms. The lowest BCUT2D eigenvalue weighted by Crippen LogP contribution is -2.66. The molecule has 1 amide bonds. The third-order valence-electron chi connectivity index (χ3n) is 5.77. The van der Waals surface area contributed by atoms with Crippen molar-refractivity contribution in [3.8, 4) is 0 Å². The van der Waals surface area contributed by atoms with E-state index in [-0.39, 0.29) is 17.7 Å². The van der Waals surface area contributed by atoms with E-state index in [0.29, 0.717) is 0 Å². The van der Waals surface area contributed by atoms with Crippen LogP contribution in [0.15, 0.2) is 0 Å². The average Bonchev–Trinajstić information content (AvgIpc) is 2.86. The first-order valence-electron chi connectivity index (χ1n) is 10.6. The Labute approximate surface area is 235 Å². The molecule has 0 aliphatic carbocycles. The zero-order valence-corrected chi connectivity index (χ0v) is 29.4. The van der Waals surface area contributed by atoms with Crippen LogP contribution in [-0.4, -0.2) is 99.3 Å². The molecule has 0 radical (unpaired) electrons. The molecule has 0 aromatic carbocycles. The van der Waals surface area contributed by atoms with Gasteiger partial charge in [0.15, 0.2) is 12.4 Å². The summed E-state index contributed by atoms with van der Waals surface area (Å²) in [6.45, 7) is 0.376. The predicted octanol–water partition coefficient (Wildman–Crippen LogP) is 0.819. The monoisotopic (exact) mass is 685 g/mol. The summed E-state index contributed by atoms with van der Waals surface area (Å²) < 4.78 is 60.9. The van der Waals surface area contributed by atoms with Crippen molar-refractivity contribution in [3.63, 3.8) is 0 Å². The summed E-state index contributed by atoms with van der Waals surface area (Å²) in [5.74, 6) is 0. The topological polar surface area (TPSA) is 131 Å². The lowest BCUT2D eigenvalue weighted by atomic mass is 9.98. The highest BCUT2D eigenvalue weighted by molar-refractivity contribution is 7.11. The van der Waals surface area contributed by atoms with Gasteiger partial charge >= 0.3 is 6.09 Å². The number of carbonyl (C=O) groups is 1. The maximum absolute atomic E-state index is 13.0. The fourth-order valence-electron chi connectivity index (χ4n) is 4.14. The van der Waals surface area contributed by atoms with E-state index in [1.807, 2.05) is 0 Å². The maximum Gasteiger partial charge on any atom is 0.454 e. The molecule has 22 heteroatoms. The smallest absolute Gasteiger partial charge is 0.413 e. The molecular formula is C15H37N2O12P8+. The van der Waals surface area contributed by atoms with Crippen LogP contribution < -0.4 is 5.43 Å². The van der Waals surface area contributed by atoms with Crippen LogP contribution >= 0.6 is 75.7 Å². The Hall–Kier alpha value is 2.27. The summed E-state index contributed by atoms with van der Waals surface area (Å²) in [6.07, 6.45) is -7.67. The van der Waals surface area contributed by atoms with E-state index in [1.165, 1.54) is 0 Å². The molecule has 1 N–H and O–H groups in total. The SMILES string of the molecule is C[N+](C)(CC1OC(OP)C(OP)C(OP)C1OP)NC(=O)OC1OC(COP)C(OP)C(OP)C1OP. The van der Waals surface area contributed by atoms with Gasteiger partial charge in [0.25, 0.3) is 0 Å². The van der Waals surface area contributed by atoms with Gasteiger partial charge in [0.1, 0.15) is 49.3 Å². The molecule has 18 unspecified atom stereocenters. The summed E-state index contributed by atoms with van der Waals surface area (Å²) in [4.78, 5) is 13.0. The van der Waals surface area contributed by atoms with Crippen molar-refractivity contribution in [2.75, 3.05) is 27.2 Å². The first kappa shape index (κ1) is 35.5. The summed E-state index contributed by atoms with van der Waals surface area (Å²) in [5.41, 5.74) is 2.78. The fourth-order valence-corrected chi connectivity index (χ4v) is 6.39. The summed E-state index contributed by atoms with van der Waals surface area (Å²) in [6, 6.07) is 0. The molecular weight excluding hydrogens is 648 g/mol. The molecule has 2 heterocycles. The van der Waals surface area contributed by atoms with E-state index < -0.39 is 67.5 Å². The lowest BCUT2D eigenvalue weighted by molar-refractivity contribution is -0.929. The highest BCUT2D eigenvalue weighted by Crippen LogP contribution is 2.34. The van der Waals surface area contributed by atoms with Gasteiger partial charge in [-0.2, -0.15) is 5.43 Å². The number of ether oxygens (including phenoxy) is 3. The highest BCUT2D eigenvalue weighted by Gasteiger charge is 2.51. The van der Waals surface area contributed by atoms with Crippen LogP contribution in [0.25, 0.3) is 0 Å². The van der Waals surface area contributed by atoms with Gasteiger partial charge in [-0.3, -0.25) is 0 Å². The molecule has 2 rings (SSSR count). The predicted molar refractivity (Wildman–Crippen MR) is 158 cm³/mol. The van der Waals surface area contributed by atoms with E-state index in [1.54, 1.807) is 14.1 Å². The van der Waals surface area contributed by atoms with Gasteiger partial charge in [0, 0.05) is 75.7 Å². The average molecular weight is 685 g/mol. The van der Waals surface area contributed by atoms with Crippen molar-refractivity contribution in [2.24, 2.45) is 0 Å². The third kappa shape index (κ3) is 9.38. The van der Waals surface area contributed by atoms with Crippen LogP contribution in [0.2, 0.25) is 0 Å². The third-order valence-corrected chi connectivity index (χ3v) is 8.12. The van der Waals surface area contributed by atoms with E-state index in [2.05, 4.69) is 81.2 Å². The Balaban J connectivity index is 2.12. The minimum absolute atomic E-state index is 0.0638.